The Balaban J connectivity index is 1.32. The second kappa shape index (κ2) is 11.5. The molecule has 41 heavy (non-hydrogen) atoms. The van der Waals surface area contributed by atoms with Crippen molar-refractivity contribution < 1.29 is 9.18 Å². The summed E-state index contributed by atoms with van der Waals surface area (Å²) in [7, 11) is 0. The molecule has 0 bridgehead atoms. The quantitative estimate of drug-likeness (QED) is 0.235. The number of aryl methyl sites for hydroxylation is 1. The summed E-state index contributed by atoms with van der Waals surface area (Å²) in [6.45, 7) is 4.99. The highest BCUT2D eigenvalue weighted by atomic mass is 32.2. The molecule has 0 atom stereocenters. The van der Waals surface area contributed by atoms with Gasteiger partial charge in [0.05, 0.1) is 10.5 Å². The fraction of sp³-hybridized carbons (Fsp3) is 0.226. The van der Waals surface area contributed by atoms with Crippen LogP contribution in [-0.2, 0) is 11.2 Å². The maximum absolute atomic E-state index is 13.9. The van der Waals surface area contributed by atoms with Gasteiger partial charge in [-0.15, -0.1) is 0 Å². The van der Waals surface area contributed by atoms with Crippen LogP contribution >= 0.6 is 24.0 Å². The number of anilines is 2. The SMILES string of the molecule is Cc1cccn2c(=O)c(/C=C3/SC(=S)N(CCc4ccccc4)C3=O)c(N3CCN(c4ccc(F)cc4)CC3)nc12. The van der Waals surface area contributed by atoms with E-state index in [4.69, 9.17) is 17.2 Å². The van der Waals surface area contributed by atoms with Crippen LogP contribution in [0, 0.1) is 12.7 Å². The van der Waals surface area contributed by atoms with Gasteiger partial charge in [-0.1, -0.05) is 60.4 Å². The number of carbonyl (C=O) groups excluding carboxylic acids is 1. The predicted octanol–water partition coefficient (Wildman–Crippen LogP) is 4.91. The van der Waals surface area contributed by atoms with E-state index in [1.165, 1.54) is 28.3 Å². The van der Waals surface area contributed by atoms with Crippen LogP contribution in [-0.4, -0.2) is 57.2 Å². The smallest absolute Gasteiger partial charge is 0.267 e. The highest BCUT2D eigenvalue weighted by Crippen LogP contribution is 2.34. The van der Waals surface area contributed by atoms with Crippen LogP contribution in [0.1, 0.15) is 16.7 Å². The molecule has 10 heteroatoms. The largest absolute Gasteiger partial charge is 0.368 e. The number of fused-ring (bicyclic) bond motifs is 1. The molecule has 2 aromatic heterocycles. The minimum atomic E-state index is -0.265. The predicted molar refractivity (Wildman–Crippen MR) is 167 cm³/mol. The molecule has 0 spiro atoms. The van der Waals surface area contributed by atoms with Gasteiger partial charge in [-0.3, -0.25) is 18.9 Å². The Bertz CT molecular complexity index is 1710. The lowest BCUT2D eigenvalue weighted by molar-refractivity contribution is -0.122. The molecule has 208 valence electrons. The summed E-state index contributed by atoms with van der Waals surface area (Å²) in [5.74, 6) is 0.0908. The molecule has 2 aliphatic heterocycles. The minimum Gasteiger partial charge on any atom is -0.368 e. The average Bonchev–Trinajstić information content (AvgIpc) is 3.26. The number of aromatic nitrogens is 2. The number of thiocarbonyl (C=S) groups is 1. The van der Waals surface area contributed by atoms with Crippen LogP contribution in [0.2, 0.25) is 0 Å². The highest BCUT2D eigenvalue weighted by molar-refractivity contribution is 8.26. The highest BCUT2D eigenvalue weighted by Gasteiger charge is 2.33. The normalized spacial score (nSPS) is 16.8. The van der Waals surface area contributed by atoms with Crippen LogP contribution in [0.5, 0.6) is 0 Å². The van der Waals surface area contributed by atoms with Crippen LogP contribution in [0.15, 0.2) is 82.6 Å². The summed E-state index contributed by atoms with van der Waals surface area (Å²) in [6, 6.07) is 20.2. The number of piperazine rings is 1. The monoisotopic (exact) mass is 585 g/mol. The van der Waals surface area contributed by atoms with E-state index in [-0.39, 0.29) is 17.3 Å². The van der Waals surface area contributed by atoms with Gasteiger partial charge in [0.2, 0.25) is 0 Å². The summed E-state index contributed by atoms with van der Waals surface area (Å²) < 4.78 is 15.5. The second-order valence-corrected chi connectivity index (χ2v) is 11.7. The van der Waals surface area contributed by atoms with Gasteiger partial charge in [0.1, 0.15) is 21.6 Å². The third kappa shape index (κ3) is 5.49. The van der Waals surface area contributed by atoms with Crippen LogP contribution < -0.4 is 15.4 Å². The molecule has 6 rings (SSSR count). The molecule has 0 N–H and O–H groups in total. The van der Waals surface area contributed by atoms with Crippen molar-refractivity contribution in [3.8, 4) is 0 Å². The maximum Gasteiger partial charge on any atom is 0.267 e. The number of halogens is 1. The molecule has 0 radical (unpaired) electrons. The van der Waals surface area contributed by atoms with Gasteiger partial charge in [-0.05, 0) is 60.9 Å². The van der Waals surface area contributed by atoms with E-state index in [2.05, 4.69) is 9.80 Å². The molecule has 0 unspecified atom stereocenters. The molecule has 7 nitrogen and oxygen atoms in total. The van der Waals surface area contributed by atoms with E-state index >= 15 is 0 Å². The fourth-order valence-corrected chi connectivity index (χ4v) is 6.50. The standard InChI is InChI=1S/C31H28FN5O2S2/c1-21-6-5-14-36-27(21)33-28(35-18-16-34(17-19-35)24-11-9-23(32)10-12-24)25(29(36)38)20-26-30(39)37(31(40)41-26)15-13-22-7-3-2-4-8-22/h2-12,14,20H,13,15-19H2,1H3/b26-20+. The van der Waals surface area contributed by atoms with E-state index in [1.54, 1.807) is 29.3 Å². The molecule has 1 amide bonds. The zero-order chi connectivity index (χ0) is 28.5. The van der Waals surface area contributed by atoms with Crippen LogP contribution in [0.25, 0.3) is 11.7 Å². The van der Waals surface area contributed by atoms with Gasteiger partial charge < -0.3 is 9.80 Å². The van der Waals surface area contributed by atoms with E-state index in [9.17, 15) is 14.0 Å². The first-order valence-electron chi connectivity index (χ1n) is 13.5. The van der Waals surface area contributed by atoms with Crippen molar-refractivity contribution in [3.05, 3.63) is 111 Å². The van der Waals surface area contributed by atoms with Gasteiger partial charge in [-0.25, -0.2) is 9.37 Å². The molecule has 0 saturated carbocycles. The van der Waals surface area contributed by atoms with Crippen molar-refractivity contribution in [3.63, 3.8) is 0 Å². The Morgan fingerprint density at radius 1 is 0.951 bits per heavy atom. The van der Waals surface area contributed by atoms with Crippen molar-refractivity contribution in [1.29, 1.82) is 0 Å². The lowest BCUT2D eigenvalue weighted by atomic mass is 10.1. The van der Waals surface area contributed by atoms with Crippen molar-refractivity contribution in [2.45, 2.75) is 13.3 Å². The molecule has 2 aromatic carbocycles. The summed E-state index contributed by atoms with van der Waals surface area (Å²) in [5.41, 5.74) is 3.68. The lowest BCUT2D eigenvalue weighted by Gasteiger charge is -2.37. The Morgan fingerprint density at radius 2 is 1.66 bits per heavy atom. The van der Waals surface area contributed by atoms with Gasteiger partial charge in [0, 0.05) is 44.6 Å². The third-order valence-electron chi connectivity index (χ3n) is 7.45. The van der Waals surface area contributed by atoms with Crippen LogP contribution in [0.4, 0.5) is 15.9 Å². The number of hydrogen-bond donors (Lipinski definition) is 0. The average molecular weight is 586 g/mol. The van der Waals surface area contributed by atoms with Crippen molar-refractivity contribution >= 4 is 57.4 Å². The van der Waals surface area contributed by atoms with E-state index < -0.39 is 0 Å². The van der Waals surface area contributed by atoms with Gasteiger partial charge in [0.15, 0.2) is 0 Å². The fourth-order valence-electron chi connectivity index (χ4n) is 5.21. The summed E-state index contributed by atoms with van der Waals surface area (Å²) in [4.78, 5) is 38.6. The minimum absolute atomic E-state index is 0.197. The molecule has 0 aliphatic carbocycles. The topological polar surface area (TPSA) is 61.2 Å². The third-order valence-corrected chi connectivity index (χ3v) is 8.83. The Morgan fingerprint density at radius 3 is 2.39 bits per heavy atom. The Kier molecular flexibility index (Phi) is 7.59. The molecule has 2 aliphatic rings. The van der Waals surface area contributed by atoms with E-state index in [0.717, 1.165) is 16.8 Å². The van der Waals surface area contributed by atoms with Crippen molar-refractivity contribution in [1.82, 2.24) is 14.3 Å². The van der Waals surface area contributed by atoms with Gasteiger partial charge >= 0.3 is 0 Å². The van der Waals surface area contributed by atoms with Gasteiger partial charge in [-0.2, -0.15) is 0 Å². The van der Waals surface area contributed by atoms with Gasteiger partial charge in [0.25, 0.3) is 11.5 Å². The molecular formula is C31H28FN5O2S2. The Labute approximate surface area is 246 Å². The zero-order valence-electron chi connectivity index (χ0n) is 22.5. The summed E-state index contributed by atoms with van der Waals surface area (Å²) in [5, 5.41) is 0. The number of nitrogens with zero attached hydrogens (tertiary/aromatic N) is 5. The zero-order valence-corrected chi connectivity index (χ0v) is 24.1. The number of pyridine rings is 1. The Hall–Kier alpha value is -4.02. The number of benzene rings is 2. The first-order chi connectivity index (χ1) is 19.9. The van der Waals surface area contributed by atoms with Crippen molar-refractivity contribution in [2.24, 2.45) is 0 Å². The summed E-state index contributed by atoms with van der Waals surface area (Å²) in [6.07, 6.45) is 4.05. The molecular weight excluding hydrogens is 558 g/mol. The molecule has 2 saturated heterocycles. The van der Waals surface area contributed by atoms with Crippen molar-refractivity contribution in [2.75, 3.05) is 42.5 Å². The first kappa shape index (κ1) is 27.2. The number of rotatable bonds is 6. The number of thioether (sulfide) groups is 1. The first-order valence-corrected chi connectivity index (χ1v) is 14.7. The van der Waals surface area contributed by atoms with E-state index in [0.29, 0.717) is 65.4 Å². The number of carbonyl (C=O) groups is 1. The molecule has 2 fully saturated rings. The lowest BCUT2D eigenvalue weighted by Crippen LogP contribution is -2.47. The van der Waals surface area contributed by atoms with E-state index in [1.807, 2.05) is 49.4 Å². The second-order valence-electron chi connectivity index (χ2n) is 10.1. The van der Waals surface area contributed by atoms with Crippen LogP contribution in [0.3, 0.4) is 0 Å². The number of amides is 1. The maximum atomic E-state index is 13.9. The molecule has 4 aromatic rings. The number of hydrogen-bond acceptors (Lipinski definition) is 7. The summed E-state index contributed by atoms with van der Waals surface area (Å²) >= 11 is 6.79. The molecule has 4 heterocycles.